The lowest BCUT2D eigenvalue weighted by atomic mass is 9.91. The maximum absolute atomic E-state index is 5.46. The van der Waals surface area contributed by atoms with Gasteiger partial charge in [0.2, 0.25) is 0 Å². The zero-order chi connectivity index (χ0) is 9.42. The van der Waals surface area contributed by atoms with Crippen LogP contribution in [-0.4, -0.2) is 0 Å². The molecule has 0 spiro atoms. The van der Waals surface area contributed by atoms with E-state index in [0.717, 1.165) is 13.2 Å². The fourth-order valence-corrected chi connectivity index (χ4v) is 2.20. The number of ether oxygens (including phenoxy) is 1. The second-order valence-electron chi connectivity index (χ2n) is 4.08. The molecule has 0 aromatic heterocycles. The number of benzene rings is 1. The van der Waals surface area contributed by atoms with Crippen LogP contribution in [0.5, 0.6) is 0 Å². The fourth-order valence-electron chi connectivity index (χ4n) is 2.20. The molecule has 1 nitrogen and oxygen atoms in total. The molecular weight excluding hydrogens is 160 g/mol. The van der Waals surface area contributed by atoms with Crippen LogP contribution in [-0.2, 0) is 18.0 Å². The highest BCUT2D eigenvalue weighted by Gasteiger charge is 2.18. The van der Waals surface area contributed by atoms with E-state index in [9.17, 15) is 0 Å². The van der Waals surface area contributed by atoms with Gasteiger partial charge in [0.1, 0.15) is 0 Å². The van der Waals surface area contributed by atoms with Crippen LogP contribution >= 0.6 is 0 Å². The molecule has 0 saturated carbocycles. The van der Waals surface area contributed by atoms with Crippen molar-refractivity contribution in [2.45, 2.75) is 39.9 Å². The van der Waals surface area contributed by atoms with Gasteiger partial charge in [0, 0.05) is 0 Å². The van der Waals surface area contributed by atoms with Crippen molar-refractivity contribution in [1.29, 1.82) is 0 Å². The summed E-state index contributed by atoms with van der Waals surface area (Å²) in [4.78, 5) is 0. The normalized spacial score (nSPS) is 15.1. The minimum atomic E-state index is 0.608. The largest absolute Gasteiger partial charge is 0.372 e. The number of fused-ring (bicyclic) bond motifs is 1. The van der Waals surface area contributed by atoms with Gasteiger partial charge >= 0.3 is 0 Å². The smallest absolute Gasteiger partial charge is 0.0727 e. The molecule has 0 N–H and O–H groups in total. The number of aryl methyl sites for hydroxylation is 1. The number of hydrogen-bond donors (Lipinski definition) is 0. The van der Waals surface area contributed by atoms with Crippen molar-refractivity contribution in [3.63, 3.8) is 0 Å². The molecule has 0 amide bonds. The Labute approximate surface area is 79.7 Å². The van der Waals surface area contributed by atoms with Gasteiger partial charge in [0.15, 0.2) is 0 Å². The molecule has 1 heterocycles. The maximum Gasteiger partial charge on any atom is 0.0727 e. The molecule has 0 unspecified atom stereocenters. The van der Waals surface area contributed by atoms with Crippen molar-refractivity contribution >= 4 is 0 Å². The molecule has 1 aromatic rings. The number of rotatable bonds is 1. The van der Waals surface area contributed by atoms with E-state index < -0.39 is 0 Å². The van der Waals surface area contributed by atoms with Crippen LogP contribution in [0.2, 0.25) is 0 Å². The molecule has 0 bridgehead atoms. The third-order valence-corrected chi connectivity index (χ3v) is 2.75. The Kier molecular flexibility index (Phi) is 2.12. The second-order valence-corrected chi connectivity index (χ2v) is 4.08. The Morgan fingerprint density at radius 2 is 2.00 bits per heavy atom. The van der Waals surface area contributed by atoms with Crippen molar-refractivity contribution in [2.75, 3.05) is 0 Å². The molecule has 0 fully saturated rings. The van der Waals surface area contributed by atoms with Crippen LogP contribution in [0.25, 0.3) is 0 Å². The highest BCUT2D eigenvalue weighted by Crippen LogP contribution is 2.30. The van der Waals surface area contributed by atoms with E-state index in [-0.39, 0.29) is 0 Å². The van der Waals surface area contributed by atoms with E-state index in [0.29, 0.717) is 5.92 Å². The standard InChI is InChI=1S/C12H16O/c1-8(2)12-9(3)4-5-10-6-13-7-11(10)12/h4-5,8H,6-7H2,1-3H3. The predicted molar refractivity (Wildman–Crippen MR) is 53.8 cm³/mol. The van der Waals surface area contributed by atoms with E-state index in [1.165, 1.54) is 22.3 Å². The van der Waals surface area contributed by atoms with Crippen LogP contribution < -0.4 is 0 Å². The summed E-state index contributed by atoms with van der Waals surface area (Å²) in [6.45, 7) is 8.30. The van der Waals surface area contributed by atoms with E-state index in [4.69, 9.17) is 4.74 Å². The predicted octanol–water partition coefficient (Wildman–Crippen LogP) is 3.15. The van der Waals surface area contributed by atoms with Gasteiger partial charge in [-0.25, -0.2) is 0 Å². The third-order valence-electron chi connectivity index (χ3n) is 2.75. The molecule has 0 atom stereocenters. The van der Waals surface area contributed by atoms with Gasteiger partial charge in [-0.05, 0) is 35.1 Å². The van der Waals surface area contributed by atoms with Crippen LogP contribution in [0.1, 0.15) is 42.0 Å². The van der Waals surface area contributed by atoms with Gasteiger partial charge in [0.05, 0.1) is 13.2 Å². The second kappa shape index (κ2) is 3.15. The van der Waals surface area contributed by atoms with Crippen LogP contribution in [0, 0.1) is 6.92 Å². The van der Waals surface area contributed by atoms with Crippen LogP contribution in [0.15, 0.2) is 12.1 Å². The van der Waals surface area contributed by atoms with Crippen molar-refractivity contribution < 1.29 is 4.74 Å². The lowest BCUT2D eigenvalue weighted by Gasteiger charge is -2.14. The van der Waals surface area contributed by atoms with Crippen molar-refractivity contribution in [2.24, 2.45) is 0 Å². The molecule has 1 aliphatic rings. The monoisotopic (exact) mass is 176 g/mol. The van der Waals surface area contributed by atoms with E-state index in [1.54, 1.807) is 0 Å². The first-order valence-electron chi connectivity index (χ1n) is 4.89. The molecule has 70 valence electrons. The summed E-state index contributed by atoms with van der Waals surface area (Å²) >= 11 is 0. The molecular formula is C12H16O. The van der Waals surface area contributed by atoms with Gasteiger partial charge in [0.25, 0.3) is 0 Å². The lowest BCUT2D eigenvalue weighted by Crippen LogP contribution is -1.99. The first kappa shape index (κ1) is 8.76. The zero-order valence-electron chi connectivity index (χ0n) is 8.55. The zero-order valence-corrected chi connectivity index (χ0v) is 8.55. The van der Waals surface area contributed by atoms with Gasteiger partial charge in [-0.15, -0.1) is 0 Å². The van der Waals surface area contributed by atoms with Crippen LogP contribution in [0.3, 0.4) is 0 Å². The van der Waals surface area contributed by atoms with E-state index >= 15 is 0 Å². The van der Waals surface area contributed by atoms with E-state index in [2.05, 4.69) is 32.9 Å². The lowest BCUT2D eigenvalue weighted by molar-refractivity contribution is 0.134. The minimum Gasteiger partial charge on any atom is -0.372 e. The summed E-state index contributed by atoms with van der Waals surface area (Å²) in [5, 5.41) is 0. The topological polar surface area (TPSA) is 9.23 Å². The fraction of sp³-hybridized carbons (Fsp3) is 0.500. The molecule has 13 heavy (non-hydrogen) atoms. The quantitative estimate of drug-likeness (QED) is 0.638. The van der Waals surface area contributed by atoms with Crippen molar-refractivity contribution in [3.05, 3.63) is 34.4 Å². The maximum atomic E-state index is 5.46. The molecule has 1 heteroatoms. The summed E-state index contributed by atoms with van der Waals surface area (Å²) < 4.78 is 5.46. The average molecular weight is 176 g/mol. The number of hydrogen-bond acceptors (Lipinski definition) is 1. The highest BCUT2D eigenvalue weighted by atomic mass is 16.5. The summed E-state index contributed by atoms with van der Waals surface area (Å²) in [7, 11) is 0. The molecule has 2 rings (SSSR count). The highest BCUT2D eigenvalue weighted by molar-refractivity contribution is 5.43. The average Bonchev–Trinajstić information content (AvgIpc) is 2.50. The summed E-state index contributed by atoms with van der Waals surface area (Å²) in [6.07, 6.45) is 0. The molecule has 0 radical (unpaired) electrons. The minimum absolute atomic E-state index is 0.608. The van der Waals surface area contributed by atoms with Gasteiger partial charge in [-0.3, -0.25) is 0 Å². The molecule has 0 saturated heterocycles. The molecule has 0 aliphatic carbocycles. The van der Waals surface area contributed by atoms with Crippen LogP contribution in [0.4, 0.5) is 0 Å². The van der Waals surface area contributed by atoms with Crippen molar-refractivity contribution in [1.82, 2.24) is 0 Å². The Bertz CT molecular complexity index is 326. The first-order valence-corrected chi connectivity index (χ1v) is 4.89. The Balaban J connectivity index is 2.58. The van der Waals surface area contributed by atoms with E-state index in [1.807, 2.05) is 0 Å². The summed E-state index contributed by atoms with van der Waals surface area (Å²) in [5.74, 6) is 0.608. The summed E-state index contributed by atoms with van der Waals surface area (Å²) in [5.41, 5.74) is 5.72. The Morgan fingerprint density at radius 3 is 2.69 bits per heavy atom. The van der Waals surface area contributed by atoms with Crippen molar-refractivity contribution in [3.8, 4) is 0 Å². The first-order chi connectivity index (χ1) is 6.20. The van der Waals surface area contributed by atoms with Gasteiger partial charge in [-0.2, -0.15) is 0 Å². The van der Waals surface area contributed by atoms with Gasteiger partial charge < -0.3 is 4.74 Å². The Morgan fingerprint density at radius 1 is 1.23 bits per heavy atom. The van der Waals surface area contributed by atoms with Gasteiger partial charge in [-0.1, -0.05) is 26.0 Å². The Hall–Kier alpha value is -0.820. The SMILES string of the molecule is Cc1ccc2c(c1C(C)C)COC2. The molecule has 1 aromatic carbocycles. The summed E-state index contributed by atoms with van der Waals surface area (Å²) in [6, 6.07) is 4.41. The third kappa shape index (κ3) is 1.37. The molecule has 1 aliphatic heterocycles.